The monoisotopic (exact) mass is 433 g/mol. The van der Waals surface area contributed by atoms with E-state index in [0.717, 1.165) is 75.4 Å². The predicted octanol–water partition coefficient (Wildman–Crippen LogP) is 1.51. The van der Waals surface area contributed by atoms with Crippen molar-refractivity contribution >= 4 is 5.96 Å². The van der Waals surface area contributed by atoms with Crippen LogP contribution < -0.4 is 14.8 Å². The number of methoxy groups -OCH3 is 3. The molecule has 2 heterocycles. The van der Waals surface area contributed by atoms with Gasteiger partial charge in [0.05, 0.1) is 20.8 Å². The zero-order chi connectivity index (χ0) is 22.1. The van der Waals surface area contributed by atoms with Crippen LogP contribution in [0.4, 0.5) is 0 Å². The summed E-state index contributed by atoms with van der Waals surface area (Å²) in [6.07, 6.45) is 2.50. The fourth-order valence-corrected chi connectivity index (χ4v) is 4.53. The molecule has 1 aromatic carbocycles. The Hall–Kier alpha value is -2.03. The van der Waals surface area contributed by atoms with Gasteiger partial charge in [-0.05, 0) is 37.6 Å². The van der Waals surface area contributed by atoms with Crippen molar-refractivity contribution in [2.75, 3.05) is 80.8 Å². The molecule has 0 saturated carbocycles. The molecule has 31 heavy (non-hydrogen) atoms. The van der Waals surface area contributed by atoms with Gasteiger partial charge in [-0.2, -0.15) is 0 Å². The summed E-state index contributed by atoms with van der Waals surface area (Å²) in [5.41, 5.74) is 1.16. The van der Waals surface area contributed by atoms with Gasteiger partial charge in [-0.15, -0.1) is 0 Å². The molecule has 1 atom stereocenters. The van der Waals surface area contributed by atoms with Crippen molar-refractivity contribution in [3.63, 3.8) is 0 Å². The van der Waals surface area contributed by atoms with E-state index < -0.39 is 0 Å². The van der Waals surface area contributed by atoms with Crippen molar-refractivity contribution in [1.82, 2.24) is 20.0 Å². The summed E-state index contributed by atoms with van der Waals surface area (Å²) < 4.78 is 16.2. The van der Waals surface area contributed by atoms with Crippen LogP contribution in [0.5, 0.6) is 11.5 Å². The van der Waals surface area contributed by atoms with Crippen LogP contribution in [0.2, 0.25) is 0 Å². The van der Waals surface area contributed by atoms with E-state index >= 15 is 0 Å². The molecule has 0 bridgehead atoms. The van der Waals surface area contributed by atoms with E-state index in [-0.39, 0.29) is 0 Å². The highest BCUT2D eigenvalue weighted by Gasteiger charge is 2.26. The summed E-state index contributed by atoms with van der Waals surface area (Å²) in [4.78, 5) is 11.9. The number of hydrogen-bond acceptors (Lipinski definition) is 6. The number of nitrogens with one attached hydrogen (secondary N) is 1. The molecule has 0 aliphatic carbocycles. The number of ether oxygens (including phenoxy) is 3. The molecular weight excluding hydrogens is 394 g/mol. The largest absolute Gasteiger partial charge is 0.497 e. The number of hydrogen-bond donors (Lipinski definition) is 1. The predicted molar refractivity (Wildman–Crippen MR) is 124 cm³/mol. The zero-order valence-electron chi connectivity index (χ0n) is 19.6. The molecule has 1 unspecified atom stereocenters. The third-order valence-electron chi connectivity index (χ3n) is 6.34. The van der Waals surface area contributed by atoms with Crippen LogP contribution in [-0.4, -0.2) is 107 Å². The van der Waals surface area contributed by atoms with Gasteiger partial charge in [0.1, 0.15) is 11.5 Å². The van der Waals surface area contributed by atoms with Crippen molar-refractivity contribution in [3.8, 4) is 11.5 Å². The van der Waals surface area contributed by atoms with Crippen molar-refractivity contribution in [1.29, 1.82) is 0 Å². The number of aliphatic imine (C=N–C) groups is 1. The van der Waals surface area contributed by atoms with Crippen LogP contribution >= 0.6 is 0 Å². The Labute approximate surface area is 187 Å². The SMILES string of the molecule is CN=C(NCC1CCCN1CCOC)N1CCN(Cc2cc(OC)ccc2OC)CC1. The van der Waals surface area contributed by atoms with E-state index in [9.17, 15) is 0 Å². The first kappa shape index (κ1) is 23.6. The Bertz CT molecular complexity index is 706. The number of benzene rings is 1. The van der Waals surface area contributed by atoms with Crippen LogP contribution in [0, 0.1) is 0 Å². The molecule has 2 aliphatic rings. The van der Waals surface area contributed by atoms with Gasteiger partial charge in [0.2, 0.25) is 0 Å². The second kappa shape index (κ2) is 12.1. The lowest BCUT2D eigenvalue weighted by Gasteiger charge is -2.37. The highest BCUT2D eigenvalue weighted by molar-refractivity contribution is 5.80. The van der Waals surface area contributed by atoms with E-state index in [1.165, 1.54) is 19.4 Å². The average Bonchev–Trinajstić information content (AvgIpc) is 3.26. The molecule has 8 nitrogen and oxygen atoms in total. The molecule has 0 aromatic heterocycles. The molecule has 1 aromatic rings. The Morgan fingerprint density at radius 3 is 2.58 bits per heavy atom. The normalized spacial score (nSPS) is 20.8. The third-order valence-corrected chi connectivity index (χ3v) is 6.34. The van der Waals surface area contributed by atoms with Crippen LogP contribution in [0.3, 0.4) is 0 Å². The van der Waals surface area contributed by atoms with Gasteiger partial charge >= 0.3 is 0 Å². The number of likely N-dealkylation sites (tertiary alicyclic amines) is 1. The first-order valence-corrected chi connectivity index (χ1v) is 11.3. The van der Waals surface area contributed by atoms with Crippen molar-refractivity contribution < 1.29 is 14.2 Å². The average molecular weight is 434 g/mol. The molecule has 2 fully saturated rings. The molecule has 0 spiro atoms. The van der Waals surface area contributed by atoms with Crippen LogP contribution in [0.15, 0.2) is 23.2 Å². The smallest absolute Gasteiger partial charge is 0.193 e. The number of nitrogens with zero attached hydrogens (tertiary/aromatic N) is 4. The fraction of sp³-hybridized carbons (Fsp3) is 0.696. The summed E-state index contributed by atoms with van der Waals surface area (Å²) in [5.74, 6) is 2.79. The van der Waals surface area contributed by atoms with E-state index in [1.54, 1.807) is 21.3 Å². The quantitative estimate of drug-likeness (QED) is 0.468. The van der Waals surface area contributed by atoms with Crippen LogP contribution in [0.25, 0.3) is 0 Å². The van der Waals surface area contributed by atoms with Crippen molar-refractivity contribution in [2.45, 2.75) is 25.4 Å². The Morgan fingerprint density at radius 2 is 1.90 bits per heavy atom. The van der Waals surface area contributed by atoms with Gasteiger partial charge in [-0.1, -0.05) is 0 Å². The third kappa shape index (κ3) is 6.48. The minimum absolute atomic E-state index is 0.564. The standard InChI is InChI=1S/C23H39N5O3/c1-24-23(25-17-20-6-5-9-27(20)14-15-29-2)28-12-10-26(11-13-28)18-19-16-21(30-3)7-8-22(19)31-4/h7-8,16,20H,5-6,9-15,17-18H2,1-4H3,(H,24,25). The van der Waals surface area contributed by atoms with Crippen LogP contribution in [0.1, 0.15) is 18.4 Å². The first-order chi connectivity index (χ1) is 15.2. The highest BCUT2D eigenvalue weighted by Crippen LogP contribution is 2.25. The van der Waals surface area contributed by atoms with E-state index in [2.05, 4.69) is 31.1 Å². The fourth-order valence-electron chi connectivity index (χ4n) is 4.53. The second-order valence-corrected chi connectivity index (χ2v) is 8.19. The van der Waals surface area contributed by atoms with Gasteiger partial charge in [0.25, 0.3) is 0 Å². The van der Waals surface area contributed by atoms with E-state index in [1.807, 2.05) is 19.2 Å². The number of guanidine groups is 1. The minimum Gasteiger partial charge on any atom is -0.497 e. The summed E-state index contributed by atoms with van der Waals surface area (Å²) in [5, 5.41) is 3.62. The van der Waals surface area contributed by atoms with Gasteiger partial charge < -0.3 is 24.4 Å². The van der Waals surface area contributed by atoms with Crippen molar-refractivity contribution in [3.05, 3.63) is 23.8 Å². The molecular formula is C23H39N5O3. The summed E-state index contributed by atoms with van der Waals surface area (Å²) >= 11 is 0. The highest BCUT2D eigenvalue weighted by atomic mass is 16.5. The molecule has 0 radical (unpaired) electrons. The first-order valence-electron chi connectivity index (χ1n) is 11.3. The van der Waals surface area contributed by atoms with Gasteiger partial charge in [-0.3, -0.25) is 14.8 Å². The maximum Gasteiger partial charge on any atom is 0.193 e. The molecule has 2 aliphatic heterocycles. The molecule has 1 N–H and O–H groups in total. The Morgan fingerprint density at radius 1 is 1.10 bits per heavy atom. The zero-order valence-corrected chi connectivity index (χ0v) is 19.6. The maximum absolute atomic E-state index is 5.54. The molecule has 2 saturated heterocycles. The molecule has 174 valence electrons. The number of piperazine rings is 1. The molecule has 8 heteroatoms. The van der Waals surface area contributed by atoms with Crippen LogP contribution in [-0.2, 0) is 11.3 Å². The Kier molecular flexibility index (Phi) is 9.24. The Balaban J connectivity index is 1.48. The second-order valence-electron chi connectivity index (χ2n) is 8.19. The van der Waals surface area contributed by atoms with Gasteiger partial charge in [0, 0.05) is 71.6 Å². The summed E-state index contributed by atoms with van der Waals surface area (Å²) in [6.45, 7) is 8.68. The lowest BCUT2D eigenvalue weighted by atomic mass is 10.1. The van der Waals surface area contributed by atoms with E-state index in [4.69, 9.17) is 14.2 Å². The topological polar surface area (TPSA) is 61.8 Å². The van der Waals surface area contributed by atoms with Gasteiger partial charge in [0.15, 0.2) is 5.96 Å². The van der Waals surface area contributed by atoms with Gasteiger partial charge in [-0.25, -0.2) is 0 Å². The summed E-state index contributed by atoms with van der Waals surface area (Å²) in [7, 11) is 7.08. The minimum atomic E-state index is 0.564. The number of rotatable bonds is 9. The molecule has 3 rings (SSSR count). The lowest BCUT2D eigenvalue weighted by molar-refractivity contribution is 0.140. The lowest BCUT2D eigenvalue weighted by Crippen LogP contribution is -2.53. The van der Waals surface area contributed by atoms with E-state index in [0.29, 0.717) is 6.04 Å². The molecule has 0 amide bonds. The summed E-state index contributed by atoms with van der Waals surface area (Å²) in [6, 6.07) is 6.56. The maximum atomic E-state index is 5.54. The van der Waals surface area contributed by atoms with Crippen molar-refractivity contribution in [2.24, 2.45) is 4.99 Å².